The summed E-state index contributed by atoms with van der Waals surface area (Å²) in [5, 5.41) is 27.1. The van der Waals surface area contributed by atoms with Gasteiger partial charge in [0.1, 0.15) is 12.2 Å². The monoisotopic (exact) mass is 196 g/mol. The summed E-state index contributed by atoms with van der Waals surface area (Å²) in [7, 11) is 0. The van der Waals surface area contributed by atoms with Crippen LogP contribution in [-0.4, -0.2) is 51.6 Å². The van der Waals surface area contributed by atoms with Crippen molar-refractivity contribution in [1.29, 1.82) is 0 Å². The van der Waals surface area contributed by atoms with Gasteiger partial charge in [0.25, 0.3) is 0 Å². The summed E-state index contributed by atoms with van der Waals surface area (Å²) in [6.07, 6.45) is -5.24. The Morgan fingerprint density at radius 1 is 1.58 bits per heavy atom. The lowest BCUT2D eigenvalue weighted by atomic mass is 10.1. The van der Waals surface area contributed by atoms with Gasteiger partial charge in [-0.25, -0.2) is 4.79 Å². The molecule has 0 saturated carbocycles. The van der Waals surface area contributed by atoms with Gasteiger partial charge in [-0.1, -0.05) is 0 Å². The molecule has 0 bridgehead atoms. The van der Waals surface area contributed by atoms with Crippen molar-refractivity contribution in [3.8, 4) is 0 Å². The van der Waals surface area contributed by atoms with E-state index in [0.717, 1.165) is 0 Å². The lowest BCUT2D eigenvalue weighted by molar-refractivity contribution is -0.150. The van der Waals surface area contributed by atoms with E-state index >= 15 is 0 Å². The van der Waals surface area contributed by atoms with Crippen molar-refractivity contribution >= 4 is 17.6 Å². The van der Waals surface area contributed by atoms with Crippen molar-refractivity contribution in [2.24, 2.45) is 0 Å². The molecule has 0 amide bonds. The van der Waals surface area contributed by atoms with E-state index in [2.05, 4.69) is 4.74 Å². The Labute approximate surface area is 73.5 Å². The van der Waals surface area contributed by atoms with Gasteiger partial charge in [-0.05, 0) is 0 Å². The summed E-state index contributed by atoms with van der Waals surface area (Å²) in [4.78, 5) is 10.6. The van der Waals surface area contributed by atoms with Gasteiger partial charge in [-0.3, -0.25) is 0 Å². The van der Waals surface area contributed by atoms with Crippen LogP contribution in [0, 0.1) is 0 Å². The highest BCUT2D eigenvalue weighted by Crippen LogP contribution is 2.19. The van der Waals surface area contributed by atoms with Gasteiger partial charge in [0, 0.05) is 0 Å². The van der Waals surface area contributed by atoms with Crippen molar-refractivity contribution in [2.45, 2.75) is 24.4 Å². The second-order valence-electron chi connectivity index (χ2n) is 2.56. The number of halogens is 1. The number of aliphatic hydroxyl groups is 3. The molecule has 0 aliphatic carbocycles. The van der Waals surface area contributed by atoms with E-state index in [1.165, 1.54) is 0 Å². The zero-order chi connectivity index (χ0) is 9.30. The number of rotatable bonds is 2. The van der Waals surface area contributed by atoms with Crippen molar-refractivity contribution in [1.82, 2.24) is 0 Å². The molecule has 1 fully saturated rings. The molecule has 0 spiro atoms. The van der Waals surface area contributed by atoms with Crippen LogP contribution in [0.25, 0.3) is 0 Å². The molecule has 1 heterocycles. The van der Waals surface area contributed by atoms with Crippen LogP contribution >= 0.6 is 11.6 Å². The van der Waals surface area contributed by atoms with Crippen LogP contribution in [0.2, 0.25) is 0 Å². The Kier molecular flexibility index (Phi) is 2.89. The average molecular weight is 197 g/mol. The molecule has 5 nitrogen and oxygen atoms in total. The zero-order valence-electron chi connectivity index (χ0n) is 6.05. The largest absolute Gasteiger partial charge is 0.455 e. The SMILES string of the molecule is O=C1OC(C(O)CCl)C(O)C1O. The van der Waals surface area contributed by atoms with Crippen LogP contribution in [0.5, 0.6) is 0 Å². The highest BCUT2D eigenvalue weighted by Gasteiger charge is 2.45. The van der Waals surface area contributed by atoms with E-state index in [9.17, 15) is 4.79 Å². The minimum atomic E-state index is -1.58. The summed E-state index contributed by atoms with van der Waals surface area (Å²) < 4.78 is 4.47. The molecule has 4 atom stereocenters. The van der Waals surface area contributed by atoms with Crippen LogP contribution in [0.1, 0.15) is 0 Å². The van der Waals surface area contributed by atoms with Crippen LogP contribution < -0.4 is 0 Å². The maximum Gasteiger partial charge on any atom is 0.338 e. The molecule has 70 valence electrons. The van der Waals surface area contributed by atoms with Crippen LogP contribution in [0.4, 0.5) is 0 Å². The molecule has 4 unspecified atom stereocenters. The van der Waals surface area contributed by atoms with E-state index in [4.69, 9.17) is 26.9 Å². The lowest BCUT2D eigenvalue weighted by Crippen LogP contribution is -2.39. The molecule has 1 aliphatic rings. The molecule has 1 aliphatic heterocycles. The maximum atomic E-state index is 10.6. The number of hydrogen-bond donors (Lipinski definition) is 3. The average Bonchev–Trinajstić information content (AvgIpc) is 2.32. The highest BCUT2D eigenvalue weighted by atomic mass is 35.5. The van der Waals surface area contributed by atoms with Crippen LogP contribution in [0.3, 0.4) is 0 Å². The quantitative estimate of drug-likeness (QED) is 0.360. The van der Waals surface area contributed by atoms with Gasteiger partial charge in [0.15, 0.2) is 12.2 Å². The first-order chi connectivity index (χ1) is 5.57. The molecular formula is C6H9ClO5. The molecule has 0 aromatic carbocycles. The predicted molar refractivity (Wildman–Crippen MR) is 38.6 cm³/mol. The van der Waals surface area contributed by atoms with E-state index < -0.39 is 30.4 Å². The Morgan fingerprint density at radius 3 is 2.50 bits per heavy atom. The second-order valence-corrected chi connectivity index (χ2v) is 2.87. The Bertz CT molecular complexity index is 185. The summed E-state index contributed by atoms with van der Waals surface area (Å²) in [5.74, 6) is -1.10. The minimum absolute atomic E-state index is 0.165. The second kappa shape index (κ2) is 3.57. The summed E-state index contributed by atoms with van der Waals surface area (Å²) in [6, 6.07) is 0. The third kappa shape index (κ3) is 1.54. The fourth-order valence-corrected chi connectivity index (χ4v) is 1.16. The lowest BCUT2D eigenvalue weighted by Gasteiger charge is -2.17. The van der Waals surface area contributed by atoms with Crippen LogP contribution in [-0.2, 0) is 9.53 Å². The minimum Gasteiger partial charge on any atom is -0.455 e. The van der Waals surface area contributed by atoms with Crippen molar-refractivity contribution in [2.75, 3.05) is 5.88 Å². The Balaban J connectivity index is 2.64. The third-order valence-corrected chi connectivity index (χ3v) is 2.01. The van der Waals surface area contributed by atoms with Crippen LogP contribution in [0.15, 0.2) is 0 Å². The molecular weight excluding hydrogens is 188 g/mol. The Morgan fingerprint density at radius 2 is 2.17 bits per heavy atom. The first kappa shape index (κ1) is 9.73. The number of aliphatic hydroxyl groups excluding tert-OH is 3. The third-order valence-electron chi connectivity index (χ3n) is 1.69. The highest BCUT2D eigenvalue weighted by molar-refractivity contribution is 6.18. The molecule has 3 N–H and O–H groups in total. The van der Waals surface area contributed by atoms with E-state index in [1.54, 1.807) is 0 Å². The van der Waals surface area contributed by atoms with Gasteiger partial charge in [-0.2, -0.15) is 0 Å². The standard InChI is InChI=1S/C6H9ClO5/c7-1-2(8)5-3(9)4(10)6(11)12-5/h2-5,8-10H,1H2. The topological polar surface area (TPSA) is 87.0 Å². The van der Waals surface area contributed by atoms with Crippen molar-refractivity contribution < 1.29 is 24.9 Å². The fourth-order valence-electron chi connectivity index (χ4n) is 0.987. The molecule has 6 heteroatoms. The number of esters is 1. The van der Waals surface area contributed by atoms with E-state index in [1.807, 2.05) is 0 Å². The number of alkyl halides is 1. The molecule has 0 radical (unpaired) electrons. The van der Waals surface area contributed by atoms with Gasteiger partial charge in [-0.15, -0.1) is 11.6 Å². The first-order valence-electron chi connectivity index (χ1n) is 3.38. The normalized spacial score (nSPS) is 38.0. The van der Waals surface area contributed by atoms with E-state index in [0.29, 0.717) is 0 Å². The molecule has 1 saturated heterocycles. The number of cyclic esters (lactones) is 1. The van der Waals surface area contributed by atoms with Gasteiger partial charge in [0.2, 0.25) is 0 Å². The summed E-state index contributed by atoms with van der Waals surface area (Å²) in [5.41, 5.74) is 0. The zero-order valence-corrected chi connectivity index (χ0v) is 6.81. The molecule has 1 rings (SSSR count). The number of carbonyl (C=O) groups excluding carboxylic acids is 1. The fraction of sp³-hybridized carbons (Fsp3) is 0.833. The summed E-state index contributed by atoms with van der Waals surface area (Å²) in [6.45, 7) is 0. The maximum absolute atomic E-state index is 10.6. The number of carbonyl (C=O) groups is 1. The van der Waals surface area contributed by atoms with Crippen molar-refractivity contribution in [3.63, 3.8) is 0 Å². The molecule has 0 aromatic rings. The van der Waals surface area contributed by atoms with Crippen molar-refractivity contribution in [3.05, 3.63) is 0 Å². The van der Waals surface area contributed by atoms with Gasteiger partial charge < -0.3 is 20.1 Å². The molecule has 12 heavy (non-hydrogen) atoms. The number of ether oxygens (including phenoxy) is 1. The van der Waals surface area contributed by atoms with E-state index in [-0.39, 0.29) is 5.88 Å². The molecule has 0 aromatic heterocycles. The predicted octanol–water partition coefficient (Wildman–Crippen LogP) is -1.77. The van der Waals surface area contributed by atoms with Gasteiger partial charge in [0.05, 0.1) is 5.88 Å². The first-order valence-corrected chi connectivity index (χ1v) is 3.92. The number of hydrogen-bond acceptors (Lipinski definition) is 5. The summed E-state index contributed by atoms with van der Waals surface area (Å²) >= 11 is 5.26. The Hall–Kier alpha value is -0.360. The smallest absolute Gasteiger partial charge is 0.338 e. The van der Waals surface area contributed by atoms with Gasteiger partial charge >= 0.3 is 5.97 Å².